The first-order chi connectivity index (χ1) is 12.2. The predicted molar refractivity (Wildman–Crippen MR) is 111 cm³/mol. The molecule has 0 spiro atoms. The Hall–Kier alpha value is -0.220. The van der Waals surface area contributed by atoms with Crippen molar-refractivity contribution in [2.75, 3.05) is 20.1 Å². The molecule has 4 heteroatoms. The van der Waals surface area contributed by atoms with Crippen LogP contribution in [0.4, 0.5) is 0 Å². The average molecular weight is 433 g/mol. The molecule has 1 aliphatic rings. The van der Waals surface area contributed by atoms with Gasteiger partial charge in [0, 0.05) is 18.7 Å². The summed E-state index contributed by atoms with van der Waals surface area (Å²) in [6.45, 7) is 9.18. The summed E-state index contributed by atoms with van der Waals surface area (Å²) in [5, 5.41) is 9.42. The lowest BCUT2D eigenvalue weighted by Crippen LogP contribution is -3.00. The molecule has 1 fully saturated rings. The zero-order chi connectivity index (χ0) is 18.3. The molecule has 0 radical (unpaired) electrons. The number of hydrogen-bond donors (Lipinski definition) is 3. The van der Waals surface area contributed by atoms with Crippen molar-refractivity contribution in [2.45, 2.75) is 104 Å². The molecule has 4 N–H and O–H groups in total. The molecule has 0 amide bonds. The fourth-order valence-corrected chi connectivity index (χ4v) is 4.01. The number of halogens is 1. The van der Waals surface area contributed by atoms with E-state index in [2.05, 4.69) is 43.8 Å². The molecule has 0 aromatic rings. The van der Waals surface area contributed by atoms with Crippen LogP contribution in [0.5, 0.6) is 0 Å². The van der Waals surface area contributed by atoms with Gasteiger partial charge in [-0.25, -0.2) is 0 Å². The molecule has 3 nitrogen and oxygen atoms in total. The van der Waals surface area contributed by atoms with E-state index < -0.39 is 0 Å². The Morgan fingerprint density at radius 1 is 0.846 bits per heavy atom. The van der Waals surface area contributed by atoms with Crippen LogP contribution in [-0.2, 0) is 0 Å². The summed E-state index contributed by atoms with van der Waals surface area (Å²) in [6.07, 6.45) is 17.0. The maximum Gasteiger partial charge on any atom is 0.108 e. The van der Waals surface area contributed by atoms with Gasteiger partial charge in [-0.3, -0.25) is 0 Å². The molecule has 1 heterocycles. The van der Waals surface area contributed by atoms with E-state index in [1.807, 2.05) is 0 Å². The Bertz CT molecular complexity index is 349. The Kier molecular flexibility index (Phi) is 16.8. The summed E-state index contributed by atoms with van der Waals surface area (Å²) < 4.78 is 0. The first kappa shape index (κ1) is 25.8. The average Bonchev–Trinajstić information content (AvgIpc) is 3.13. The number of likely N-dealkylation sites (N-methyl/N-ethyl adjacent to an activating group) is 1. The van der Waals surface area contributed by atoms with Crippen LogP contribution in [0.3, 0.4) is 0 Å². The van der Waals surface area contributed by atoms with Crippen molar-refractivity contribution in [1.29, 1.82) is 0 Å². The highest BCUT2D eigenvalue weighted by molar-refractivity contribution is 5.19. The third kappa shape index (κ3) is 10.8. The zero-order valence-corrected chi connectivity index (χ0v) is 19.6. The summed E-state index contributed by atoms with van der Waals surface area (Å²) in [5.74, 6) is 2.00. The van der Waals surface area contributed by atoms with Gasteiger partial charge >= 0.3 is 0 Å². The highest BCUT2D eigenvalue weighted by atomic mass is 79.9. The molecule has 26 heavy (non-hydrogen) atoms. The van der Waals surface area contributed by atoms with Crippen LogP contribution in [0.2, 0.25) is 0 Å². The van der Waals surface area contributed by atoms with Gasteiger partial charge in [0.15, 0.2) is 0 Å². The second-order valence-electron chi connectivity index (χ2n) is 8.03. The van der Waals surface area contributed by atoms with E-state index in [0.717, 1.165) is 13.1 Å². The van der Waals surface area contributed by atoms with Crippen LogP contribution in [0.15, 0.2) is 11.4 Å². The third-order valence-corrected chi connectivity index (χ3v) is 5.78. The molecule has 0 saturated carbocycles. The lowest BCUT2D eigenvalue weighted by Gasteiger charge is -2.22. The van der Waals surface area contributed by atoms with Crippen LogP contribution in [-0.4, -0.2) is 26.2 Å². The van der Waals surface area contributed by atoms with Gasteiger partial charge < -0.3 is 32.9 Å². The lowest BCUT2D eigenvalue weighted by molar-refractivity contribution is -0.652. The third-order valence-electron chi connectivity index (χ3n) is 5.78. The van der Waals surface area contributed by atoms with E-state index >= 15 is 0 Å². The van der Waals surface area contributed by atoms with E-state index in [4.69, 9.17) is 0 Å². The quantitative estimate of drug-likeness (QED) is 0.342. The first-order valence-corrected chi connectivity index (χ1v) is 11.2. The molecule has 0 aliphatic carbocycles. The van der Waals surface area contributed by atoms with Crippen molar-refractivity contribution in [1.82, 2.24) is 10.6 Å². The topological polar surface area (TPSA) is 40.7 Å². The van der Waals surface area contributed by atoms with Crippen molar-refractivity contribution in [3.05, 3.63) is 11.4 Å². The van der Waals surface area contributed by atoms with Gasteiger partial charge in [-0.15, -0.1) is 0 Å². The van der Waals surface area contributed by atoms with Gasteiger partial charge in [-0.05, 0) is 19.3 Å². The Morgan fingerprint density at radius 3 is 1.77 bits per heavy atom. The van der Waals surface area contributed by atoms with Crippen LogP contribution in [0.1, 0.15) is 97.8 Å². The summed E-state index contributed by atoms with van der Waals surface area (Å²) in [4.78, 5) is 0. The molecule has 0 aromatic carbocycles. The van der Waals surface area contributed by atoms with Crippen molar-refractivity contribution in [3.63, 3.8) is 0 Å². The molecule has 0 aromatic heterocycles. The molecular formula is C22H46BrN3. The maximum absolute atomic E-state index is 3.54. The van der Waals surface area contributed by atoms with Gasteiger partial charge in [0.2, 0.25) is 0 Å². The lowest BCUT2D eigenvalue weighted by atomic mass is 9.90. The number of hydrogen-bond acceptors (Lipinski definition) is 2. The normalized spacial score (nSPS) is 15.8. The van der Waals surface area contributed by atoms with E-state index in [-0.39, 0.29) is 17.0 Å². The van der Waals surface area contributed by atoms with Crippen LogP contribution < -0.4 is 32.9 Å². The second kappa shape index (κ2) is 16.9. The van der Waals surface area contributed by atoms with E-state index in [0.29, 0.717) is 12.0 Å². The van der Waals surface area contributed by atoms with Crippen LogP contribution >= 0.6 is 0 Å². The number of nitrogens with two attached hydrogens (primary N) is 1. The Morgan fingerprint density at radius 2 is 1.31 bits per heavy atom. The summed E-state index contributed by atoms with van der Waals surface area (Å²) >= 11 is 0. The smallest absolute Gasteiger partial charge is 0.108 e. The Balaban J connectivity index is 0.00000625. The molecule has 2 unspecified atom stereocenters. The number of quaternary nitrogens is 1. The minimum absolute atomic E-state index is 0. The van der Waals surface area contributed by atoms with Gasteiger partial charge in [0.25, 0.3) is 0 Å². The molecule has 1 aliphatic heterocycles. The summed E-state index contributed by atoms with van der Waals surface area (Å²) in [7, 11) is 2.19. The fraction of sp³-hybridized carbons (Fsp3) is 0.909. The summed E-state index contributed by atoms with van der Waals surface area (Å²) in [6, 6.07) is 0.566. The fourth-order valence-electron chi connectivity index (χ4n) is 4.01. The molecule has 1 saturated heterocycles. The second-order valence-corrected chi connectivity index (χ2v) is 8.03. The highest BCUT2D eigenvalue weighted by Gasteiger charge is 2.23. The molecule has 1 rings (SSSR count). The summed E-state index contributed by atoms with van der Waals surface area (Å²) in [5.41, 5.74) is 1.59. The van der Waals surface area contributed by atoms with Crippen molar-refractivity contribution < 1.29 is 22.3 Å². The monoisotopic (exact) mass is 431 g/mol. The minimum atomic E-state index is 0. The number of rotatable bonds is 15. The molecule has 0 bridgehead atoms. The van der Waals surface area contributed by atoms with Gasteiger partial charge in [-0.1, -0.05) is 84.5 Å². The molecule has 156 valence electrons. The molecule has 2 atom stereocenters. The van der Waals surface area contributed by atoms with Crippen LogP contribution in [0.25, 0.3) is 0 Å². The van der Waals surface area contributed by atoms with E-state index in [1.165, 1.54) is 82.9 Å². The van der Waals surface area contributed by atoms with Gasteiger partial charge in [0.1, 0.15) is 11.9 Å². The Labute approximate surface area is 174 Å². The SMILES string of the molecule is CCCCCCCCCCCCCC(C)C(=C1NCCN1)C(C)[NH2+]C.[Br-]. The largest absolute Gasteiger partial charge is 1.00 e. The first-order valence-electron chi connectivity index (χ1n) is 11.2. The minimum Gasteiger partial charge on any atom is -1.00 e. The van der Waals surface area contributed by atoms with Crippen LogP contribution in [0, 0.1) is 5.92 Å². The number of nitrogens with one attached hydrogen (secondary N) is 2. The van der Waals surface area contributed by atoms with Crippen molar-refractivity contribution in [2.24, 2.45) is 5.92 Å². The number of unbranched alkanes of at least 4 members (excludes halogenated alkanes) is 10. The van der Waals surface area contributed by atoms with Crippen molar-refractivity contribution in [3.8, 4) is 0 Å². The zero-order valence-electron chi connectivity index (χ0n) is 18.0. The van der Waals surface area contributed by atoms with Gasteiger partial charge in [-0.2, -0.15) is 0 Å². The maximum atomic E-state index is 3.54. The van der Waals surface area contributed by atoms with Crippen molar-refractivity contribution >= 4 is 0 Å². The highest BCUT2D eigenvalue weighted by Crippen LogP contribution is 2.23. The van der Waals surface area contributed by atoms with E-state index in [1.54, 1.807) is 5.57 Å². The standard InChI is InChI=1S/C22H45N3.BrH/c1-5-6-7-8-9-10-11-12-13-14-15-16-19(2)21(20(3)23-4)22-24-17-18-25-22;/h19-20,23-25H,5-18H2,1-4H3;1H. The van der Waals surface area contributed by atoms with E-state index in [9.17, 15) is 0 Å². The molecular weight excluding hydrogens is 386 g/mol. The predicted octanol–water partition coefficient (Wildman–Crippen LogP) is 1.31. The van der Waals surface area contributed by atoms with Gasteiger partial charge in [0.05, 0.1) is 7.05 Å².